The molecular weight excluding hydrogens is 358 g/mol. The van der Waals surface area contributed by atoms with Crippen molar-refractivity contribution >= 4 is 17.1 Å². The van der Waals surface area contributed by atoms with Gasteiger partial charge in [-0.25, -0.2) is 14.3 Å². The number of hydrogen-bond donors (Lipinski definition) is 0. The number of amides is 1. The molecule has 0 atom stereocenters. The number of benzene rings is 1. The van der Waals surface area contributed by atoms with Crippen LogP contribution in [-0.2, 0) is 32.0 Å². The molecule has 148 valence electrons. The van der Waals surface area contributed by atoms with Crippen LogP contribution in [0.15, 0.2) is 40.2 Å². The summed E-state index contributed by atoms with van der Waals surface area (Å²) in [7, 11) is 3.24. The van der Waals surface area contributed by atoms with Crippen molar-refractivity contribution in [3.63, 3.8) is 0 Å². The number of aryl methyl sites for hydroxylation is 3. The molecule has 0 fully saturated rings. The predicted octanol–water partition coefficient (Wildman–Crippen LogP) is 1.18. The topological polar surface area (TPSA) is 82.1 Å². The molecule has 0 radical (unpaired) electrons. The third-order valence-corrected chi connectivity index (χ3v) is 4.83. The van der Waals surface area contributed by atoms with Gasteiger partial charge in [-0.05, 0) is 18.9 Å². The first-order valence-electron chi connectivity index (χ1n) is 9.27. The highest BCUT2D eigenvalue weighted by molar-refractivity contribution is 5.77. The van der Waals surface area contributed by atoms with E-state index in [0.717, 1.165) is 22.1 Å². The molecule has 0 aliphatic rings. The molecule has 0 unspecified atom stereocenters. The molecule has 28 heavy (non-hydrogen) atoms. The fourth-order valence-electron chi connectivity index (χ4n) is 3.25. The van der Waals surface area contributed by atoms with Crippen LogP contribution in [0.5, 0.6) is 0 Å². The van der Waals surface area contributed by atoms with Crippen molar-refractivity contribution < 1.29 is 4.79 Å². The number of imidazole rings is 1. The van der Waals surface area contributed by atoms with Crippen LogP contribution in [0.1, 0.15) is 24.5 Å². The quantitative estimate of drug-likeness (QED) is 0.640. The lowest BCUT2D eigenvalue weighted by Gasteiger charge is -2.23. The summed E-state index contributed by atoms with van der Waals surface area (Å²) < 4.78 is 3.85. The van der Waals surface area contributed by atoms with Gasteiger partial charge in [0.25, 0.3) is 5.56 Å². The van der Waals surface area contributed by atoms with E-state index < -0.39 is 11.2 Å². The molecule has 1 amide bonds. The first kappa shape index (κ1) is 19.6. The van der Waals surface area contributed by atoms with Gasteiger partial charge in [0.05, 0.1) is 6.33 Å². The van der Waals surface area contributed by atoms with Crippen molar-refractivity contribution in [3.05, 3.63) is 62.6 Å². The Bertz CT molecular complexity index is 1120. The van der Waals surface area contributed by atoms with Gasteiger partial charge in [0.2, 0.25) is 5.91 Å². The molecular formula is C20H25N5O3. The number of nitrogens with zero attached hydrogens (tertiary/aromatic N) is 5. The van der Waals surface area contributed by atoms with Crippen molar-refractivity contribution in [2.24, 2.45) is 14.1 Å². The molecule has 0 aliphatic heterocycles. The highest BCUT2D eigenvalue weighted by atomic mass is 16.2. The maximum atomic E-state index is 12.9. The van der Waals surface area contributed by atoms with Gasteiger partial charge < -0.3 is 9.47 Å². The largest absolute Gasteiger partial charge is 0.337 e. The summed E-state index contributed by atoms with van der Waals surface area (Å²) in [4.78, 5) is 44.2. The Morgan fingerprint density at radius 2 is 1.82 bits per heavy atom. The van der Waals surface area contributed by atoms with E-state index in [1.165, 1.54) is 10.9 Å². The van der Waals surface area contributed by atoms with Gasteiger partial charge in [0.1, 0.15) is 6.54 Å². The molecule has 0 spiro atoms. The predicted molar refractivity (Wildman–Crippen MR) is 107 cm³/mol. The van der Waals surface area contributed by atoms with Gasteiger partial charge in [0.15, 0.2) is 11.2 Å². The SMILES string of the molecule is CCCN(Cc1ccc(C)cc1)C(=O)Cn1c(=O)c2c(ncn2C)n(C)c1=O. The van der Waals surface area contributed by atoms with Crippen LogP contribution in [0, 0.1) is 6.92 Å². The molecule has 8 heteroatoms. The van der Waals surface area contributed by atoms with E-state index in [2.05, 4.69) is 4.98 Å². The molecule has 0 bridgehead atoms. The van der Waals surface area contributed by atoms with E-state index in [9.17, 15) is 14.4 Å². The fraction of sp³-hybridized carbons (Fsp3) is 0.400. The van der Waals surface area contributed by atoms with Crippen LogP contribution in [0.2, 0.25) is 0 Å². The molecule has 0 aliphatic carbocycles. The monoisotopic (exact) mass is 383 g/mol. The third kappa shape index (κ3) is 3.62. The van der Waals surface area contributed by atoms with Crippen molar-refractivity contribution in [2.45, 2.75) is 33.4 Å². The van der Waals surface area contributed by atoms with E-state index in [-0.39, 0.29) is 12.5 Å². The minimum atomic E-state index is -0.545. The number of fused-ring (bicyclic) bond motifs is 1. The normalized spacial score (nSPS) is 11.1. The average molecular weight is 383 g/mol. The number of carbonyl (C=O) groups excluding carboxylic acids is 1. The van der Waals surface area contributed by atoms with Crippen molar-refractivity contribution in [1.29, 1.82) is 0 Å². The Morgan fingerprint density at radius 1 is 1.14 bits per heavy atom. The van der Waals surface area contributed by atoms with Crippen molar-refractivity contribution in [3.8, 4) is 0 Å². The van der Waals surface area contributed by atoms with Crippen LogP contribution in [0.25, 0.3) is 11.2 Å². The summed E-state index contributed by atoms with van der Waals surface area (Å²) in [6.45, 7) is 4.70. The summed E-state index contributed by atoms with van der Waals surface area (Å²) in [6, 6.07) is 7.97. The Balaban J connectivity index is 1.93. The van der Waals surface area contributed by atoms with E-state index in [1.54, 1.807) is 23.6 Å². The Morgan fingerprint density at radius 3 is 2.46 bits per heavy atom. The van der Waals surface area contributed by atoms with E-state index in [1.807, 2.05) is 38.1 Å². The van der Waals surface area contributed by atoms with E-state index in [0.29, 0.717) is 24.3 Å². The van der Waals surface area contributed by atoms with Crippen LogP contribution >= 0.6 is 0 Å². The fourth-order valence-corrected chi connectivity index (χ4v) is 3.25. The zero-order valence-electron chi connectivity index (χ0n) is 16.7. The first-order valence-corrected chi connectivity index (χ1v) is 9.27. The van der Waals surface area contributed by atoms with Gasteiger partial charge >= 0.3 is 5.69 Å². The summed E-state index contributed by atoms with van der Waals surface area (Å²) >= 11 is 0. The van der Waals surface area contributed by atoms with Crippen molar-refractivity contribution in [2.75, 3.05) is 6.54 Å². The Labute approximate surface area is 162 Å². The summed E-state index contributed by atoms with van der Waals surface area (Å²) in [5, 5.41) is 0. The third-order valence-electron chi connectivity index (χ3n) is 4.83. The molecule has 3 aromatic rings. The minimum absolute atomic E-state index is 0.261. The summed E-state index contributed by atoms with van der Waals surface area (Å²) in [5.41, 5.74) is 1.72. The molecule has 8 nitrogen and oxygen atoms in total. The highest BCUT2D eigenvalue weighted by Gasteiger charge is 2.20. The molecule has 0 N–H and O–H groups in total. The molecule has 0 saturated heterocycles. The lowest BCUT2D eigenvalue weighted by Crippen LogP contribution is -2.44. The van der Waals surface area contributed by atoms with Gasteiger partial charge in [0, 0.05) is 27.2 Å². The minimum Gasteiger partial charge on any atom is -0.337 e. The lowest BCUT2D eigenvalue weighted by molar-refractivity contribution is -0.132. The number of rotatable bonds is 6. The van der Waals surface area contributed by atoms with Gasteiger partial charge in [-0.2, -0.15) is 0 Å². The summed E-state index contributed by atoms with van der Waals surface area (Å²) in [6.07, 6.45) is 2.27. The smallest absolute Gasteiger partial charge is 0.332 e. The van der Waals surface area contributed by atoms with Crippen molar-refractivity contribution in [1.82, 2.24) is 23.6 Å². The highest BCUT2D eigenvalue weighted by Crippen LogP contribution is 2.09. The van der Waals surface area contributed by atoms with Crippen LogP contribution in [-0.4, -0.2) is 36.0 Å². The zero-order valence-corrected chi connectivity index (χ0v) is 16.7. The molecule has 3 rings (SSSR count). The average Bonchev–Trinajstić information content (AvgIpc) is 3.06. The standard InChI is InChI=1S/C20H25N5O3/c1-5-10-24(11-15-8-6-14(2)7-9-15)16(26)12-25-19(27)17-18(21-13-22(17)3)23(4)20(25)28/h6-9,13H,5,10-12H2,1-4H3. The van der Waals surface area contributed by atoms with Gasteiger partial charge in [-0.1, -0.05) is 36.8 Å². The Hall–Kier alpha value is -3.16. The van der Waals surface area contributed by atoms with Crippen LogP contribution in [0.3, 0.4) is 0 Å². The second-order valence-electron chi connectivity index (χ2n) is 7.06. The van der Waals surface area contributed by atoms with Crippen LogP contribution in [0.4, 0.5) is 0 Å². The van der Waals surface area contributed by atoms with E-state index in [4.69, 9.17) is 0 Å². The summed E-state index contributed by atoms with van der Waals surface area (Å²) in [5.74, 6) is -0.261. The second kappa shape index (κ2) is 7.84. The zero-order chi connectivity index (χ0) is 20.4. The number of carbonyl (C=O) groups is 1. The number of aromatic nitrogens is 4. The molecule has 0 saturated carbocycles. The van der Waals surface area contributed by atoms with Gasteiger partial charge in [-0.3, -0.25) is 14.2 Å². The molecule has 2 heterocycles. The maximum Gasteiger partial charge on any atom is 0.332 e. The maximum absolute atomic E-state index is 12.9. The van der Waals surface area contributed by atoms with E-state index >= 15 is 0 Å². The van der Waals surface area contributed by atoms with Gasteiger partial charge in [-0.15, -0.1) is 0 Å². The molecule has 2 aromatic heterocycles. The molecule has 1 aromatic carbocycles. The number of hydrogen-bond acceptors (Lipinski definition) is 4. The Kier molecular flexibility index (Phi) is 5.48. The van der Waals surface area contributed by atoms with Crippen LogP contribution < -0.4 is 11.2 Å². The lowest BCUT2D eigenvalue weighted by atomic mass is 10.1. The first-order chi connectivity index (χ1) is 13.3. The second-order valence-corrected chi connectivity index (χ2v) is 7.06.